The van der Waals surface area contributed by atoms with Crippen LogP contribution < -0.4 is 10.1 Å². The van der Waals surface area contributed by atoms with Gasteiger partial charge in [-0.05, 0) is 37.8 Å². The largest absolute Gasteiger partial charge is 0.497 e. The highest BCUT2D eigenvalue weighted by atomic mass is 32.2. The van der Waals surface area contributed by atoms with E-state index in [4.69, 9.17) is 4.74 Å². The van der Waals surface area contributed by atoms with Gasteiger partial charge in [0.1, 0.15) is 11.3 Å². The molecule has 1 aliphatic rings. The van der Waals surface area contributed by atoms with Crippen molar-refractivity contribution in [1.29, 1.82) is 5.26 Å². The highest BCUT2D eigenvalue weighted by molar-refractivity contribution is 7.99. The standard InChI is InChI=1S/C24H24N4O2S/c1-30-20-11-7-10-19(14-20)28-21(18-8-3-2-4-9-18)15-26-23(28)31-16-22(29)27-24(17-25)12-5-6-13-24/h2-4,7-11,14-15H,5-6,12-13,16H2,1H3,(H,27,29). The number of hydrogen-bond acceptors (Lipinski definition) is 5. The van der Waals surface area contributed by atoms with Crippen molar-refractivity contribution in [3.8, 4) is 28.8 Å². The summed E-state index contributed by atoms with van der Waals surface area (Å²) in [4.78, 5) is 17.2. The van der Waals surface area contributed by atoms with Crippen molar-refractivity contribution in [3.05, 3.63) is 60.8 Å². The molecule has 1 aromatic heterocycles. The van der Waals surface area contributed by atoms with Crippen LogP contribution in [0.3, 0.4) is 0 Å². The van der Waals surface area contributed by atoms with Gasteiger partial charge in [-0.3, -0.25) is 9.36 Å². The minimum Gasteiger partial charge on any atom is -0.497 e. The number of carbonyl (C=O) groups is 1. The zero-order valence-corrected chi connectivity index (χ0v) is 18.2. The molecule has 31 heavy (non-hydrogen) atoms. The van der Waals surface area contributed by atoms with Gasteiger partial charge >= 0.3 is 0 Å². The number of nitriles is 1. The molecule has 1 saturated carbocycles. The van der Waals surface area contributed by atoms with Crippen LogP contribution in [0.5, 0.6) is 5.75 Å². The quantitative estimate of drug-likeness (QED) is 0.552. The number of rotatable bonds is 7. The molecule has 1 heterocycles. The average molecular weight is 433 g/mol. The van der Waals surface area contributed by atoms with E-state index in [1.807, 2.05) is 65.4 Å². The molecule has 1 amide bonds. The summed E-state index contributed by atoms with van der Waals surface area (Å²) < 4.78 is 7.43. The summed E-state index contributed by atoms with van der Waals surface area (Å²) >= 11 is 1.36. The van der Waals surface area contributed by atoms with Crippen LogP contribution in [0.1, 0.15) is 25.7 Å². The topological polar surface area (TPSA) is 79.9 Å². The lowest BCUT2D eigenvalue weighted by atomic mass is 10.0. The van der Waals surface area contributed by atoms with Crippen molar-refractivity contribution in [2.24, 2.45) is 0 Å². The van der Waals surface area contributed by atoms with E-state index in [1.54, 1.807) is 7.11 Å². The van der Waals surface area contributed by atoms with Crippen LogP contribution in [-0.4, -0.2) is 33.9 Å². The Morgan fingerprint density at radius 3 is 2.71 bits per heavy atom. The lowest BCUT2D eigenvalue weighted by Gasteiger charge is -2.21. The van der Waals surface area contributed by atoms with Crippen molar-refractivity contribution in [2.45, 2.75) is 36.4 Å². The Bertz CT molecular complexity index is 1100. The van der Waals surface area contributed by atoms with E-state index in [0.717, 1.165) is 48.4 Å². The predicted octanol–water partition coefficient (Wildman–Crippen LogP) is 4.59. The number of methoxy groups -OCH3 is 1. The van der Waals surface area contributed by atoms with Gasteiger partial charge in [-0.1, -0.05) is 48.2 Å². The molecular formula is C24H24N4O2S. The van der Waals surface area contributed by atoms with Crippen LogP contribution in [-0.2, 0) is 4.79 Å². The molecule has 0 bridgehead atoms. The highest BCUT2D eigenvalue weighted by Gasteiger charge is 2.35. The van der Waals surface area contributed by atoms with Crippen molar-refractivity contribution < 1.29 is 9.53 Å². The molecular weight excluding hydrogens is 408 g/mol. The normalized spacial score (nSPS) is 14.7. The van der Waals surface area contributed by atoms with E-state index in [9.17, 15) is 10.1 Å². The molecule has 3 aromatic rings. The Labute approximate surface area is 186 Å². The molecule has 2 aromatic carbocycles. The fourth-order valence-electron chi connectivity index (χ4n) is 3.92. The molecule has 0 spiro atoms. The van der Waals surface area contributed by atoms with Crippen molar-refractivity contribution >= 4 is 17.7 Å². The van der Waals surface area contributed by atoms with Crippen LogP contribution in [0.25, 0.3) is 16.9 Å². The highest BCUT2D eigenvalue weighted by Crippen LogP contribution is 2.32. The van der Waals surface area contributed by atoms with Gasteiger partial charge in [0.2, 0.25) is 5.91 Å². The van der Waals surface area contributed by atoms with E-state index in [-0.39, 0.29) is 11.7 Å². The van der Waals surface area contributed by atoms with E-state index in [0.29, 0.717) is 5.16 Å². The van der Waals surface area contributed by atoms with E-state index in [1.165, 1.54) is 11.8 Å². The first-order chi connectivity index (χ1) is 15.1. The maximum Gasteiger partial charge on any atom is 0.231 e. The second-order valence-electron chi connectivity index (χ2n) is 7.57. The molecule has 158 valence electrons. The van der Waals surface area contributed by atoms with Crippen LogP contribution in [0.15, 0.2) is 66.0 Å². The summed E-state index contributed by atoms with van der Waals surface area (Å²) in [5.74, 6) is 0.796. The molecule has 7 heteroatoms. The zero-order chi connectivity index (χ0) is 21.7. The smallest absolute Gasteiger partial charge is 0.231 e. The lowest BCUT2D eigenvalue weighted by molar-refractivity contribution is -0.119. The molecule has 1 N–H and O–H groups in total. The average Bonchev–Trinajstić information content (AvgIpc) is 3.46. The third-order valence-electron chi connectivity index (χ3n) is 5.49. The van der Waals surface area contributed by atoms with Crippen LogP contribution in [0.2, 0.25) is 0 Å². The Balaban J connectivity index is 1.61. The lowest BCUT2D eigenvalue weighted by Crippen LogP contribution is -2.45. The van der Waals surface area contributed by atoms with Crippen LogP contribution in [0, 0.1) is 11.3 Å². The monoisotopic (exact) mass is 432 g/mol. The molecule has 0 radical (unpaired) electrons. The Morgan fingerprint density at radius 1 is 1.23 bits per heavy atom. The number of thioether (sulfide) groups is 1. The second kappa shape index (κ2) is 9.27. The van der Waals surface area contributed by atoms with Crippen molar-refractivity contribution in [2.75, 3.05) is 12.9 Å². The van der Waals surface area contributed by atoms with Gasteiger partial charge in [-0.25, -0.2) is 4.98 Å². The van der Waals surface area contributed by atoms with E-state index >= 15 is 0 Å². The maximum atomic E-state index is 12.6. The molecule has 6 nitrogen and oxygen atoms in total. The molecule has 0 saturated heterocycles. The maximum absolute atomic E-state index is 12.6. The number of carbonyl (C=O) groups excluding carboxylic acids is 1. The van der Waals surface area contributed by atoms with Gasteiger partial charge in [-0.15, -0.1) is 0 Å². The van der Waals surface area contributed by atoms with Gasteiger partial charge in [0, 0.05) is 11.6 Å². The van der Waals surface area contributed by atoms with Gasteiger partial charge in [-0.2, -0.15) is 5.26 Å². The number of ether oxygens (including phenoxy) is 1. The predicted molar refractivity (Wildman–Crippen MR) is 121 cm³/mol. The molecule has 4 rings (SSSR count). The third kappa shape index (κ3) is 4.59. The van der Waals surface area contributed by atoms with Gasteiger partial charge in [0.15, 0.2) is 5.16 Å². The summed E-state index contributed by atoms with van der Waals surface area (Å²) in [6, 6.07) is 20.1. The summed E-state index contributed by atoms with van der Waals surface area (Å²) in [5.41, 5.74) is 2.15. The number of nitrogens with one attached hydrogen (secondary N) is 1. The number of hydrogen-bond donors (Lipinski definition) is 1. The second-order valence-corrected chi connectivity index (χ2v) is 8.51. The number of benzene rings is 2. The first kappa shape index (κ1) is 21.0. The molecule has 0 atom stereocenters. The van der Waals surface area contributed by atoms with Crippen LogP contribution in [0.4, 0.5) is 0 Å². The van der Waals surface area contributed by atoms with Gasteiger partial charge < -0.3 is 10.1 Å². The molecule has 0 aliphatic heterocycles. The summed E-state index contributed by atoms with van der Waals surface area (Å²) in [6.45, 7) is 0. The SMILES string of the molecule is COc1cccc(-n2c(-c3ccccc3)cnc2SCC(=O)NC2(C#N)CCCC2)c1. The van der Waals surface area contributed by atoms with E-state index in [2.05, 4.69) is 16.4 Å². The Kier molecular flexibility index (Phi) is 6.28. The molecule has 1 aliphatic carbocycles. The first-order valence-corrected chi connectivity index (χ1v) is 11.3. The number of imidazole rings is 1. The van der Waals surface area contributed by atoms with Crippen molar-refractivity contribution in [3.63, 3.8) is 0 Å². The van der Waals surface area contributed by atoms with Crippen molar-refractivity contribution in [1.82, 2.24) is 14.9 Å². The molecule has 0 unspecified atom stereocenters. The number of nitrogens with zero attached hydrogens (tertiary/aromatic N) is 3. The fraction of sp³-hybridized carbons (Fsp3) is 0.292. The number of aromatic nitrogens is 2. The fourth-order valence-corrected chi connectivity index (χ4v) is 4.72. The summed E-state index contributed by atoms with van der Waals surface area (Å²) in [7, 11) is 1.64. The zero-order valence-electron chi connectivity index (χ0n) is 17.4. The minimum atomic E-state index is -0.713. The van der Waals surface area contributed by atoms with Crippen LogP contribution >= 0.6 is 11.8 Å². The third-order valence-corrected chi connectivity index (χ3v) is 6.45. The van der Waals surface area contributed by atoms with Gasteiger partial charge in [0.25, 0.3) is 0 Å². The first-order valence-electron chi connectivity index (χ1n) is 10.3. The Morgan fingerprint density at radius 2 is 2.00 bits per heavy atom. The minimum absolute atomic E-state index is 0.144. The molecule has 1 fully saturated rings. The summed E-state index contributed by atoms with van der Waals surface area (Å²) in [6.07, 6.45) is 5.21. The Hall–Kier alpha value is -3.24. The summed E-state index contributed by atoms with van der Waals surface area (Å²) in [5, 5.41) is 13.2. The number of amides is 1. The van der Waals surface area contributed by atoms with Gasteiger partial charge in [0.05, 0.1) is 36.5 Å². The van der Waals surface area contributed by atoms with E-state index < -0.39 is 5.54 Å².